The summed E-state index contributed by atoms with van der Waals surface area (Å²) >= 11 is 0. The second-order valence-electron chi connectivity index (χ2n) is 9.53. The molecular formula is C25H25F3N8O2. The van der Waals surface area contributed by atoms with Crippen LogP contribution in [-0.4, -0.2) is 50.0 Å². The lowest BCUT2D eigenvalue weighted by Crippen LogP contribution is -2.56. The molecule has 1 N–H and O–H groups in total. The summed E-state index contributed by atoms with van der Waals surface area (Å²) in [6.45, 7) is 3.85. The first-order chi connectivity index (χ1) is 18.3. The molecule has 0 unspecified atom stereocenters. The van der Waals surface area contributed by atoms with E-state index in [0.29, 0.717) is 31.5 Å². The van der Waals surface area contributed by atoms with Gasteiger partial charge in [0.25, 0.3) is 0 Å². The maximum atomic E-state index is 13.3. The van der Waals surface area contributed by atoms with E-state index in [1.54, 1.807) is 18.3 Å². The van der Waals surface area contributed by atoms with Crippen LogP contribution in [0.2, 0.25) is 0 Å². The Morgan fingerprint density at radius 2 is 1.89 bits per heavy atom. The molecule has 10 nitrogen and oxygen atoms in total. The molecule has 1 fully saturated rings. The monoisotopic (exact) mass is 526 g/mol. The number of aryl methyl sites for hydroxylation is 1. The molecule has 0 aromatic carbocycles. The largest absolute Gasteiger partial charge is 0.451 e. The number of hydrogen-bond donors (Lipinski definition) is 1. The lowest BCUT2D eigenvalue weighted by molar-refractivity contribution is -0.145. The van der Waals surface area contributed by atoms with Gasteiger partial charge >= 0.3 is 6.18 Å². The van der Waals surface area contributed by atoms with E-state index < -0.39 is 12.0 Å². The summed E-state index contributed by atoms with van der Waals surface area (Å²) < 4.78 is 43.3. The summed E-state index contributed by atoms with van der Waals surface area (Å²) in [6, 6.07) is 3.23. The Balaban J connectivity index is 1.16. The molecule has 1 saturated carbocycles. The molecule has 13 heteroatoms. The number of likely N-dealkylation sites (N-methyl/N-ethyl adjacent to an activating group) is 1. The number of carbonyl (C=O) groups excluding carboxylic acids is 1. The second-order valence-corrected chi connectivity index (χ2v) is 9.53. The fraction of sp³-hybridized carbons (Fsp3) is 0.440. The first-order valence-corrected chi connectivity index (χ1v) is 12.6. The third-order valence-electron chi connectivity index (χ3n) is 6.89. The first-order valence-electron chi connectivity index (χ1n) is 12.6. The van der Waals surface area contributed by atoms with Gasteiger partial charge in [0.1, 0.15) is 11.7 Å². The number of nitrogens with zero attached hydrogens (tertiary/aromatic N) is 7. The number of carbonyl (C=O) groups is 1. The summed E-state index contributed by atoms with van der Waals surface area (Å²) in [5.74, 6) is 0.868. The minimum absolute atomic E-state index is 0.0466. The van der Waals surface area contributed by atoms with E-state index >= 15 is 0 Å². The van der Waals surface area contributed by atoms with E-state index in [1.807, 2.05) is 4.90 Å². The van der Waals surface area contributed by atoms with Crippen LogP contribution in [0.4, 0.5) is 30.6 Å². The zero-order chi connectivity index (χ0) is 26.4. The second kappa shape index (κ2) is 9.37. The Hall–Kier alpha value is -4.03. The molecule has 198 valence electrons. The number of halogens is 3. The topological polar surface area (TPSA) is 109 Å². The van der Waals surface area contributed by atoms with Crippen LogP contribution in [0.3, 0.4) is 0 Å². The van der Waals surface area contributed by atoms with Gasteiger partial charge in [-0.05, 0) is 44.1 Å². The number of amides is 1. The SMILES string of the molecule is CCN1c2nc(NCc3ccc(Oc4cnc(C(F)(F)F)nc4)nc3)nc3c2N(CCC3)C(=O)[C@@H]1C1CC1. The first kappa shape index (κ1) is 24.3. The molecule has 3 aromatic heterocycles. The van der Waals surface area contributed by atoms with Crippen LogP contribution in [0.5, 0.6) is 11.6 Å². The molecule has 5 heterocycles. The van der Waals surface area contributed by atoms with Crippen molar-refractivity contribution >= 4 is 23.4 Å². The number of pyridine rings is 1. The van der Waals surface area contributed by atoms with E-state index in [0.717, 1.165) is 60.8 Å². The average Bonchev–Trinajstić information content (AvgIpc) is 3.75. The average molecular weight is 527 g/mol. The fourth-order valence-electron chi connectivity index (χ4n) is 4.99. The van der Waals surface area contributed by atoms with Gasteiger partial charge in [-0.2, -0.15) is 18.2 Å². The van der Waals surface area contributed by atoms with Crippen LogP contribution in [0, 0.1) is 5.92 Å². The van der Waals surface area contributed by atoms with Gasteiger partial charge in [-0.25, -0.2) is 19.9 Å². The predicted molar refractivity (Wildman–Crippen MR) is 131 cm³/mol. The van der Waals surface area contributed by atoms with Gasteiger partial charge in [0.15, 0.2) is 11.6 Å². The Kier molecular flexibility index (Phi) is 6.00. The molecule has 6 rings (SSSR count). The predicted octanol–water partition coefficient (Wildman–Crippen LogP) is 3.98. The minimum atomic E-state index is -4.62. The highest BCUT2D eigenvalue weighted by atomic mass is 19.4. The Morgan fingerprint density at radius 1 is 1.11 bits per heavy atom. The highest BCUT2D eigenvalue weighted by Gasteiger charge is 2.48. The summed E-state index contributed by atoms with van der Waals surface area (Å²) in [5.41, 5.74) is 2.56. The Morgan fingerprint density at radius 3 is 2.55 bits per heavy atom. The fourth-order valence-corrected chi connectivity index (χ4v) is 4.99. The van der Waals surface area contributed by atoms with E-state index in [4.69, 9.17) is 14.7 Å². The number of rotatable bonds is 7. The number of alkyl halides is 3. The van der Waals surface area contributed by atoms with Crippen LogP contribution < -0.4 is 19.9 Å². The molecular weight excluding hydrogens is 501 g/mol. The van der Waals surface area contributed by atoms with E-state index in [9.17, 15) is 18.0 Å². The number of aromatic nitrogens is 5. The molecule has 38 heavy (non-hydrogen) atoms. The van der Waals surface area contributed by atoms with Crippen molar-refractivity contribution in [1.82, 2.24) is 24.9 Å². The summed E-state index contributed by atoms with van der Waals surface area (Å²) in [6.07, 6.45) is 2.68. The van der Waals surface area contributed by atoms with Crippen molar-refractivity contribution in [3.05, 3.63) is 47.8 Å². The molecule has 3 aliphatic rings. The highest BCUT2D eigenvalue weighted by molar-refractivity contribution is 6.06. The van der Waals surface area contributed by atoms with Gasteiger partial charge in [0, 0.05) is 31.9 Å². The van der Waals surface area contributed by atoms with Crippen LogP contribution >= 0.6 is 0 Å². The van der Waals surface area contributed by atoms with Crippen molar-refractivity contribution in [2.45, 2.75) is 51.4 Å². The maximum absolute atomic E-state index is 13.3. The molecule has 0 saturated heterocycles. The molecule has 0 spiro atoms. The number of nitrogens with one attached hydrogen (secondary N) is 1. The van der Waals surface area contributed by atoms with E-state index in [1.165, 1.54) is 0 Å². The number of anilines is 3. The molecule has 1 atom stereocenters. The molecule has 1 amide bonds. The van der Waals surface area contributed by atoms with Crippen LogP contribution in [-0.2, 0) is 23.9 Å². The standard InChI is InChI=1S/C25H25F3N8O2/c1-2-35-19(15-6-7-15)22(37)36-9-3-4-17-20(36)21(35)34-24(33-17)32-11-14-5-8-18(29-10-14)38-16-12-30-23(31-13-16)25(26,27)28/h5,8,10,12-13,15,19H,2-4,6-7,9,11H2,1H3,(H,32,33,34)/t19-/m0/s1. The Bertz CT molecular complexity index is 1350. The molecule has 0 radical (unpaired) electrons. The molecule has 0 bridgehead atoms. The molecule has 3 aromatic rings. The van der Waals surface area contributed by atoms with Gasteiger partial charge in [-0.1, -0.05) is 6.07 Å². The van der Waals surface area contributed by atoms with Crippen molar-refractivity contribution in [3.8, 4) is 11.6 Å². The van der Waals surface area contributed by atoms with Crippen molar-refractivity contribution in [3.63, 3.8) is 0 Å². The zero-order valence-corrected chi connectivity index (χ0v) is 20.6. The van der Waals surface area contributed by atoms with Crippen LogP contribution in [0.15, 0.2) is 30.7 Å². The maximum Gasteiger partial charge on any atom is 0.451 e. The van der Waals surface area contributed by atoms with Crippen molar-refractivity contribution in [2.24, 2.45) is 5.92 Å². The van der Waals surface area contributed by atoms with Gasteiger partial charge in [-0.3, -0.25) is 4.79 Å². The van der Waals surface area contributed by atoms with Gasteiger partial charge < -0.3 is 19.9 Å². The normalized spacial score (nSPS) is 18.8. The smallest absolute Gasteiger partial charge is 0.436 e. The lowest BCUT2D eigenvalue weighted by atomic mass is 9.99. The van der Waals surface area contributed by atoms with E-state index in [2.05, 4.69) is 32.1 Å². The number of ether oxygens (including phenoxy) is 1. The summed E-state index contributed by atoms with van der Waals surface area (Å²) in [7, 11) is 0. The van der Waals surface area contributed by atoms with Gasteiger partial charge in [0.05, 0.1) is 18.1 Å². The summed E-state index contributed by atoms with van der Waals surface area (Å²) in [4.78, 5) is 37.6. The van der Waals surface area contributed by atoms with Gasteiger partial charge in [-0.15, -0.1) is 0 Å². The molecule has 2 aliphatic heterocycles. The quantitative estimate of drug-likeness (QED) is 0.489. The van der Waals surface area contributed by atoms with Crippen LogP contribution in [0.1, 0.15) is 43.3 Å². The van der Waals surface area contributed by atoms with Crippen LogP contribution in [0.25, 0.3) is 0 Å². The zero-order valence-electron chi connectivity index (χ0n) is 20.6. The summed E-state index contributed by atoms with van der Waals surface area (Å²) in [5, 5.41) is 3.27. The third-order valence-corrected chi connectivity index (χ3v) is 6.89. The number of hydrogen-bond acceptors (Lipinski definition) is 9. The minimum Gasteiger partial charge on any atom is -0.436 e. The van der Waals surface area contributed by atoms with Crippen molar-refractivity contribution < 1.29 is 22.7 Å². The highest BCUT2D eigenvalue weighted by Crippen LogP contribution is 2.46. The third kappa shape index (κ3) is 4.56. The van der Waals surface area contributed by atoms with Crippen molar-refractivity contribution in [2.75, 3.05) is 28.2 Å². The molecule has 1 aliphatic carbocycles. The van der Waals surface area contributed by atoms with Gasteiger partial charge in [0.2, 0.25) is 23.6 Å². The van der Waals surface area contributed by atoms with E-state index in [-0.39, 0.29) is 23.6 Å². The lowest BCUT2D eigenvalue weighted by Gasteiger charge is -2.44. The van der Waals surface area contributed by atoms with Crippen molar-refractivity contribution in [1.29, 1.82) is 0 Å². The Labute approximate surface area is 216 Å².